The zero-order valence-corrected chi connectivity index (χ0v) is 28.0. The summed E-state index contributed by atoms with van der Waals surface area (Å²) in [4.78, 5) is 50.3. The van der Waals surface area contributed by atoms with E-state index in [2.05, 4.69) is 34.6 Å². The molecule has 254 valence electrons. The van der Waals surface area contributed by atoms with Crippen molar-refractivity contribution in [3.05, 3.63) is 64.7 Å². The first kappa shape index (κ1) is 37.3. The molecule has 1 unspecified atom stereocenters. The van der Waals surface area contributed by atoms with Crippen LogP contribution in [0.1, 0.15) is 104 Å². The second-order valence-electron chi connectivity index (χ2n) is 12.4. The summed E-state index contributed by atoms with van der Waals surface area (Å²) in [5.41, 5.74) is 15.4. The van der Waals surface area contributed by atoms with Crippen molar-refractivity contribution < 1.29 is 19.2 Å². The fourth-order valence-electron chi connectivity index (χ4n) is 6.27. The lowest BCUT2D eigenvalue weighted by Crippen LogP contribution is -2.48. The topological polar surface area (TPSA) is 151 Å². The van der Waals surface area contributed by atoms with Crippen molar-refractivity contribution >= 4 is 30.3 Å². The summed E-state index contributed by atoms with van der Waals surface area (Å²) in [6.45, 7) is 4.53. The van der Waals surface area contributed by atoms with Gasteiger partial charge in [-0.05, 0) is 74.4 Å². The van der Waals surface area contributed by atoms with Crippen LogP contribution in [0.5, 0.6) is 0 Å². The number of hydrogen-bond donors (Lipinski definition) is 4. The predicted octanol–water partition coefficient (Wildman–Crippen LogP) is 4.56. The van der Waals surface area contributed by atoms with Gasteiger partial charge in [-0.2, -0.15) is 0 Å². The smallest absolute Gasteiger partial charge is 0.317 e. The van der Waals surface area contributed by atoms with Crippen molar-refractivity contribution in [1.82, 2.24) is 20.4 Å². The minimum Gasteiger partial charge on any atom is -0.399 e. The maximum Gasteiger partial charge on any atom is 0.317 e. The number of carbonyl (C=O) groups excluding carboxylic acids is 4. The molecule has 0 aromatic heterocycles. The molecule has 2 aliphatic rings. The number of nitrogen functional groups attached to an aromatic ring is 1. The molecule has 6 N–H and O–H groups in total. The van der Waals surface area contributed by atoms with Gasteiger partial charge in [-0.15, -0.1) is 0 Å². The van der Waals surface area contributed by atoms with Crippen LogP contribution in [0.15, 0.2) is 42.5 Å². The number of anilines is 1. The van der Waals surface area contributed by atoms with E-state index in [1.54, 1.807) is 19.2 Å². The number of urea groups is 1. The van der Waals surface area contributed by atoms with Crippen molar-refractivity contribution in [3.8, 4) is 11.8 Å². The van der Waals surface area contributed by atoms with Gasteiger partial charge in [0, 0.05) is 55.5 Å². The SMILES string of the molecule is CCCC(C(=O)NC=O)N(C)Cc1c(C#CCCN)cccc1C=O.Nc1ccc(C2CCN(C(=O)NC3CCCCC3)CC2)cc1. The first-order valence-corrected chi connectivity index (χ1v) is 16.9. The summed E-state index contributed by atoms with van der Waals surface area (Å²) >= 11 is 0. The Hall–Kier alpha value is -4.20. The third-order valence-electron chi connectivity index (χ3n) is 8.96. The lowest BCUT2D eigenvalue weighted by molar-refractivity contribution is -0.129. The van der Waals surface area contributed by atoms with Gasteiger partial charge in [-0.3, -0.25) is 24.6 Å². The molecular weight excluding hydrogens is 592 g/mol. The van der Waals surface area contributed by atoms with E-state index in [1.807, 2.05) is 34.9 Å². The Balaban J connectivity index is 0.000000257. The Morgan fingerprint density at radius 2 is 1.74 bits per heavy atom. The molecule has 2 aromatic rings. The van der Waals surface area contributed by atoms with Crippen LogP contribution >= 0.6 is 0 Å². The number of nitrogens with two attached hydrogens (primary N) is 2. The molecule has 2 aromatic carbocycles. The normalized spacial score (nSPS) is 15.8. The molecule has 4 rings (SSSR count). The van der Waals surface area contributed by atoms with Crippen LogP contribution in [-0.2, 0) is 16.1 Å². The predicted molar refractivity (Wildman–Crippen MR) is 187 cm³/mol. The minimum atomic E-state index is -0.459. The Bertz CT molecular complexity index is 1360. The van der Waals surface area contributed by atoms with Crippen LogP contribution in [0, 0.1) is 11.8 Å². The van der Waals surface area contributed by atoms with Gasteiger partial charge in [0.25, 0.3) is 0 Å². The van der Waals surface area contributed by atoms with Gasteiger partial charge in [0.2, 0.25) is 12.3 Å². The summed E-state index contributed by atoms with van der Waals surface area (Å²) in [5, 5.41) is 5.43. The number of carbonyl (C=O) groups is 4. The van der Waals surface area contributed by atoms with Gasteiger partial charge in [-0.25, -0.2) is 4.79 Å². The second kappa shape index (κ2) is 20.1. The van der Waals surface area contributed by atoms with Crippen LogP contribution in [0.4, 0.5) is 10.5 Å². The maximum absolute atomic E-state index is 12.4. The molecule has 1 atom stereocenters. The number of amides is 4. The first-order chi connectivity index (χ1) is 22.8. The average Bonchev–Trinajstić information content (AvgIpc) is 3.09. The molecule has 10 nitrogen and oxygen atoms in total. The van der Waals surface area contributed by atoms with Gasteiger partial charge in [-0.1, -0.05) is 68.7 Å². The highest BCUT2D eigenvalue weighted by atomic mass is 16.2. The van der Waals surface area contributed by atoms with Crippen LogP contribution in [0.2, 0.25) is 0 Å². The fourth-order valence-corrected chi connectivity index (χ4v) is 6.27. The Morgan fingerprint density at radius 3 is 2.36 bits per heavy atom. The summed E-state index contributed by atoms with van der Waals surface area (Å²) in [7, 11) is 1.80. The van der Waals surface area contributed by atoms with E-state index in [9.17, 15) is 19.2 Å². The lowest BCUT2D eigenvalue weighted by atomic mass is 9.89. The number of likely N-dealkylation sites (N-methyl/N-ethyl adjacent to an activating group) is 1. The highest BCUT2D eigenvalue weighted by molar-refractivity contribution is 5.90. The number of benzene rings is 2. The first-order valence-electron chi connectivity index (χ1n) is 16.9. The van der Waals surface area contributed by atoms with E-state index < -0.39 is 6.04 Å². The number of piperidine rings is 1. The standard InChI is InChI=1S/C19H25N3O3.C18H27N3O/c1-3-7-18(19(25)21-14-24)22(2)12-17-15(8-4-5-11-20)9-6-10-16(17)13-23;19-16-8-6-14(7-9-16)15-10-12-21(13-11-15)18(22)20-17-4-2-1-3-5-17/h6,9-10,13-14,18H,3,5,7,11-12,20H2,1-2H3,(H,21,24,25);6-9,15,17H,1-5,10-13,19H2,(H,20,22). The highest BCUT2D eigenvalue weighted by Crippen LogP contribution is 2.29. The number of hydrogen-bond acceptors (Lipinski definition) is 7. The summed E-state index contributed by atoms with van der Waals surface area (Å²) in [6.07, 6.45) is 11.4. The lowest BCUT2D eigenvalue weighted by Gasteiger charge is -2.34. The minimum absolute atomic E-state index is 0.141. The molecule has 1 heterocycles. The van der Waals surface area contributed by atoms with Crippen molar-refractivity contribution in [1.29, 1.82) is 0 Å². The molecule has 1 saturated heterocycles. The second-order valence-corrected chi connectivity index (χ2v) is 12.4. The number of likely N-dealkylation sites (tertiary alicyclic amines) is 1. The summed E-state index contributed by atoms with van der Waals surface area (Å²) in [5.74, 6) is 6.23. The summed E-state index contributed by atoms with van der Waals surface area (Å²) < 4.78 is 0. The molecule has 10 heteroatoms. The molecule has 1 saturated carbocycles. The van der Waals surface area contributed by atoms with Gasteiger partial charge >= 0.3 is 6.03 Å². The van der Waals surface area contributed by atoms with Crippen molar-refractivity contribution in [2.75, 3.05) is 32.4 Å². The fraction of sp³-hybridized carbons (Fsp3) is 0.514. The van der Waals surface area contributed by atoms with E-state index >= 15 is 0 Å². The third-order valence-corrected chi connectivity index (χ3v) is 8.96. The number of imide groups is 1. The molecule has 1 aliphatic heterocycles. The summed E-state index contributed by atoms with van der Waals surface area (Å²) in [6, 6.07) is 13.6. The van der Waals surface area contributed by atoms with E-state index in [0.29, 0.717) is 49.9 Å². The quantitative estimate of drug-likeness (QED) is 0.159. The van der Waals surface area contributed by atoms with Crippen LogP contribution in [0.3, 0.4) is 0 Å². The number of nitrogens with zero attached hydrogens (tertiary/aromatic N) is 2. The van der Waals surface area contributed by atoms with Crippen LogP contribution in [0.25, 0.3) is 0 Å². The maximum atomic E-state index is 12.4. The van der Waals surface area contributed by atoms with E-state index in [4.69, 9.17) is 11.5 Å². The van der Waals surface area contributed by atoms with Gasteiger partial charge < -0.3 is 21.7 Å². The Morgan fingerprint density at radius 1 is 1.04 bits per heavy atom. The van der Waals surface area contributed by atoms with Crippen LogP contribution in [-0.4, -0.2) is 73.2 Å². The number of rotatable bonds is 11. The Kier molecular flexibility index (Phi) is 16.0. The number of nitrogens with one attached hydrogen (secondary N) is 2. The molecule has 0 spiro atoms. The van der Waals surface area contributed by atoms with E-state index in [-0.39, 0.29) is 11.9 Å². The van der Waals surface area contributed by atoms with Gasteiger partial charge in [0.1, 0.15) is 6.29 Å². The molecule has 47 heavy (non-hydrogen) atoms. The van der Waals surface area contributed by atoms with E-state index in [0.717, 1.165) is 68.3 Å². The van der Waals surface area contributed by atoms with Gasteiger partial charge in [0.05, 0.1) is 6.04 Å². The molecule has 4 amide bonds. The van der Waals surface area contributed by atoms with Crippen LogP contribution < -0.4 is 22.1 Å². The van der Waals surface area contributed by atoms with Crippen molar-refractivity contribution in [2.24, 2.45) is 5.73 Å². The Labute approximate surface area is 280 Å². The number of aldehydes is 1. The highest BCUT2D eigenvalue weighted by Gasteiger charge is 2.26. The monoisotopic (exact) mass is 644 g/mol. The molecule has 0 bridgehead atoms. The van der Waals surface area contributed by atoms with Crippen molar-refractivity contribution in [2.45, 2.75) is 95.7 Å². The molecule has 0 radical (unpaired) electrons. The van der Waals surface area contributed by atoms with Crippen molar-refractivity contribution in [3.63, 3.8) is 0 Å². The molecular formula is C37H52N6O4. The van der Waals surface area contributed by atoms with Gasteiger partial charge in [0.15, 0.2) is 0 Å². The third kappa shape index (κ3) is 11.8. The largest absolute Gasteiger partial charge is 0.399 e. The molecule has 1 aliphatic carbocycles. The zero-order valence-electron chi connectivity index (χ0n) is 28.0. The van der Waals surface area contributed by atoms with E-state index in [1.165, 1.54) is 24.8 Å². The molecule has 2 fully saturated rings. The zero-order chi connectivity index (χ0) is 34.0. The average molecular weight is 645 g/mol.